The molecule has 0 aliphatic carbocycles. The molecule has 0 radical (unpaired) electrons. The highest BCUT2D eigenvalue weighted by Gasteiger charge is 2.49. The molecular formula is C36H43BrN2O6. The normalized spacial score (nSPS) is 21.1. The number of fused-ring (bicyclic) bond motifs is 3. The van der Waals surface area contributed by atoms with Gasteiger partial charge in [-0.25, -0.2) is 9.59 Å². The highest BCUT2D eigenvalue weighted by Crippen LogP contribution is 2.36. The summed E-state index contributed by atoms with van der Waals surface area (Å²) in [6, 6.07) is 25.9. The van der Waals surface area contributed by atoms with E-state index in [1.807, 2.05) is 84.9 Å². The Morgan fingerprint density at radius 2 is 1.49 bits per heavy atom. The molecule has 45 heavy (non-hydrogen) atoms. The number of ether oxygens (including phenoxy) is 3. The van der Waals surface area contributed by atoms with Crippen LogP contribution >= 0.6 is 0 Å². The zero-order valence-corrected chi connectivity index (χ0v) is 27.8. The number of esters is 1. The lowest BCUT2D eigenvalue weighted by atomic mass is 9.82. The van der Waals surface area contributed by atoms with Gasteiger partial charge in [0, 0.05) is 30.7 Å². The van der Waals surface area contributed by atoms with Crippen LogP contribution in [0.25, 0.3) is 0 Å². The van der Waals surface area contributed by atoms with Gasteiger partial charge in [0.1, 0.15) is 37.1 Å². The second-order valence-corrected chi connectivity index (χ2v) is 13.1. The monoisotopic (exact) mass is 678 g/mol. The number of rotatable bonds is 11. The Labute approximate surface area is 276 Å². The molecular weight excluding hydrogens is 636 g/mol. The van der Waals surface area contributed by atoms with E-state index in [1.54, 1.807) is 20.8 Å². The Balaban J connectivity index is 0.00000461. The van der Waals surface area contributed by atoms with Crippen LogP contribution in [0.15, 0.2) is 84.9 Å². The first-order chi connectivity index (χ1) is 21.1. The number of nitrogens with zero attached hydrogens (tertiary/aromatic N) is 1. The number of hydrogen-bond acceptors (Lipinski definition) is 6. The number of alkyl carbamates (subject to hydrolysis) is 1. The summed E-state index contributed by atoms with van der Waals surface area (Å²) < 4.78 is 18.2. The highest BCUT2D eigenvalue weighted by molar-refractivity contribution is 5.97. The zero-order chi connectivity index (χ0) is 31.2. The molecule has 3 aromatic rings. The maximum absolute atomic E-state index is 13.7. The van der Waals surface area contributed by atoms with Gasteiger partial charge in [-0.3, -0.25) is 4.79 Å². The number of carbonyl (C=O) groups excluding carboxylic acids is 3. The fourth-order valence-corrected chi connectivity index (χ4v) is 6.17. The number of nitrogens with one attached hydrogen (secondary N) is 1. The summed E-state index contributed by atoms with van der Waals surface area (Å²) in [5.41, 5.74) is 1.91. The van der Waals surface area contributed by atoms with Gasteiger partial charge in [-0.1, -0.05) is 72.8 Å². The number of Topliss-reactive ketones (excluding diaryl/α,β-unsaturated/α-hetero) is 1. The predicted molar refractivity (Wildman–Crippen MR) is 167 cm³/mol. The molecule has 2 atom stereocenters. The summed E-state index contributed by atoms with van der Waals surface area (Å²) in [6.07, 6.45) is 1.04. The first kappa shape index (κ1) is 34.2. The standard InChI is InChI=1S/C36H42N2O6.BrH/c1-36(2,3)44-35(41)37-31(22-26-14-16-30(17-15-26)42-25-27-10-6-4-7-11-27)34(40)43-33-24-38(20-18-29(33)19-21-38)23-32(39)28-12-8-5-9-13-28;/h4-17,29,31,33H,18-25H2,1-3H3;1H/t29?,31-,33-,38?;/m0./s1. The minimum atomic E-state index is -0.934. The number of halogens is 1. The molecule has 1 amide bonds. The van der Waals surface area contributed by atoms with Crippen LogP contribution in [0.1, 0.15) is 55.1 Å². The van der Waals surface area contributed by atoms with Crippen molar-refractivity contribution < 1.29 is 50.1 Å². The third kappa shape index (κ3) is 9.65. The molecule has 0 saturated carbocycles. The molecule has 3 aliphatic rings. The lowest BCUT2D eigenvalue weighted by Gasteiger charge is -2.51. The summed E-state index contributed by atoms with van der Waals surface area (Å²) in [7, 11) is 0. The van der Waals surface area contributed by atoms with Crippen molar-refractivity contribution in [3.05, 3.63) is 102 Å². The van der Waals surface area contributed by atoms with Gasteiger partial charge in [0.2, 0.25) is 5.78 Å². The molecule has 0 spiro atoms. The number of carbonyl (C=O) groups is 3. The lowest BCUT2D eigenvalue weighted by Crippen LogP contribution is -3.00. The summed E-state index contributed by atoms with van der Waals surface area (Å²) >= 11 is 0. The van der Waals surface area contributed by atoms with E-state index in [0.29, 0.717) is 35.5 Å². The minimum Gasteiger partial charge on any atom is -1.00 e. The smallest absolute Gasteiger partial charge is 0.408 e. The SMILES string of the molecule is CC(C)(C)OC(=O)N[C@@H](Cc1ccc(OCc2ccccc2)cc1)C(=O)O[C@H]1C[N+]2(CC(=O)c3ccccc3)CCC1CC2.[Br-]. The fraction of sp³-hybridized carbons (Fsp3) is 0.417. The second-order valence-electron chi connectivity index (χ2n) is 13.1. The van der Waals surface area contributed by atoms with Crippen molar-refractivity contribution in [1.82, 2.24) is 5.32 Å². The number of ketones is 1. The molecule has 0 aromatic heterocycles. The van der Waals surface area contributed by atoms with Crippen molar-refractivity contribution in [3.63, 3.8) is 0 Å². The molecule has 3 aliphatic heterocycles. The van der Waals surface area contributed by atoms with Gasteiger partial charge in [-0.15, -0.1) is 0 Å². The Morgan fingerprint density at radius 1 is 0.867 bits per heavy atom. The van der Waals surface area contributed by atoms with E-state index in [-0.39, 0.29) is 41.2 Å². The number of piperidine rings is 3. The van der Waals surface area contributed by atoms with Crippen LogP contribution < -0.4 is 27.0 Å². The Bertz CT molecular complexity index is 1420. The van der Waals surface area contributed by atoms with Crippen LogP contribution in [0, 0.1) is 5.92 Å². The van der Waals surface area contributed by atoms with Crippen LogP contribution in [-0.2, 0) is 27.3 Å². The molecule has 3 aromatic carbocycles. The summed E-state index contributed by atoms with van der Waals surface area (Å²) in [6.45, 7) is 8.58. The molecule has 3 saturated heterocycles. The van der Waals surface area contributed by atoms with E-state index >= 15 is 0 Å². The molecule has 0 unspecified atom stereocenters. The molecule has 1 N–H and O–H groups in total. The summed E-state index contributed by atoms with van der Waals surface area (Å²) in [5.74, 6) is 0.570. The van der Waals surface area contributed by atoms with Gasteiger partial charge in [-0.2, -0.15) is 0 Å². The number of hydrogen-bond donors (Lipinski definition) is 1. The average Bonchev–Trinajstić information content (AvgIpc) is 3.01. The largest absolute Gasteiger partial charge is 1.00 e. The Morgan fingerprint density at radius 3 is 2.11 bits per heavy atom. The van der Waals surface area contributed by atoms with Gasteiger partial charge >= 0.3 is 12.1 Å². The number of amides is 1. The summed E-state index contributed by atoms with van der Waals surface area (Å²) in [5, 5.41) is 2.75. The van der Waals surface area contributed by atoms with Crippen molar-refractivity contribution in [1.29, 1.82) is 0 Å². The topological polar surface area (TPSA) is 90.9 Å². The van der Waals surface area contributed by atoms with E-state index in [4.69, 9.17) is 14.2 Å². The van der Waals surface area contributed by atoms with Crippen molar-refractivity contribution >= 4 is 17.8 Å². The molecule has 6 rings (SSSR count). The maximum atomic E-state index is 13.7. The van der Waals surface area contributed by atoms with Gasteiger partial charge in [0.15, 0.2) is 6.10 Å². The average molecular weight is 680 g/mol. The first-order valence-electron chi connectivity index (χ1n) is 15.5. The molecule has 9 heteroatoms. The van der Waals surface area contributed by atoms with E-state index in [0.717, 1.165) is 37.1 Å². The van der Waals surface area contributed by atoms with Crippen molar-refractivity contribution in [2.45, 2.75) is 64.4 Å². The first-order valence-corrected chi connectivity index (χ1v) is 15.5. The van der Waals surface area contributed by atoms with Gasteiger partial charge in [0.05, 0.1) is 13.1 Å². The lowest BCUT2D eigenvalue weighted by molar-refractivity contribution is -0.938. The van der Waals surface area contributed by atoms with Crippen LogP contribution in [0.5, 0.6) is 5.75 Å². The van der Waals surface area contributed by atoms with Gasteiger partial charge in [-0.05, 0) is 44.0 Å². The van der Waals surface area contributed by atoms with Crippen molar-refractivity contribution in [2.24, 2.45) is 5.92 Å². The molecule has 3 heterocycles. The zero-order valence-electron chi connectivity index (χ0n) is 26.2. The number of benzene rings is 3. The van der Waals surface area contributed by atoms with Crippen LogP contribution in [-0.4, -0.2) is 66.3 Å². The quantitative estimate of drug-likeness (QED) is 0.191. The third-order valence-electron chi connectivity index (χ3n) is 8.47. The van der Waals surface area contributed by atoms with E-state index < -0.39 is 23.7 Å². The van der Waals surface area contributed by atoms with Crippen molar-refractivity contribution in [2.75, 3.05) is 26.2 Å². The predicted octanol–water partition coefficient (Wildman–Crippen LogP) is 2.74. The van der Waals surface area contributed by atoms with E-state index in [9.17, 15) is 14.4 Å². The minimum absolute atomic E-state index is 0. The van der Waals surface area contributed by atoms with Crippen molar-refractivity contribution in [3.8, 4) is 5.75 Å². The number of quaternary nitrogens is 1. The highest BCUT2D eigenvalue weighted by atomic mass is 79.9. The van der Waals surface area contributed by atoms with Gasteiger partial charge < -0.3 is 41.0 Å². The molecule has 8 nitrogen and oxygen atoms in total. The molecule has 240 valence electrons. The Kier molecular flexibility index (Phi) is 11.4. The molecule has 2 bridgehead atoms. The summed E-state index contributed by atoms with van der Waals surface area (Å²) in [4.78, 5) is 39.6. The third-order valence-corrected chi connectivity index (χ3v) is 8.47. The van der Waals surface area contributed by atoms with E-state index in [2.05, 4.69) is 5.32 Å². The van der Waals surface area contributed by atoms with Crippen LogP contribution in [0.4, 0.5) is 4.79 Å². The second kappa shape index (κ2) is 15.1. The van der Waals surface area contributed by atoms with Crippen LogP contribution in [0.2, 0.25) is 0 Å². The maximum Gasteiger partial charge on any atom is 0.408 e. The van der Waals surface area contributed by atoms with E-state index in [1.165, 1.54) is 0 Å². The molecule has 3 fully saturated rings. The van der Waals surface area contributed by atoms with Gasteiger partial charge in [0.25, 0.3) is 0 Å². The van der Waals surface area contributed by atoms with Crippen LogP contribution in [0.3, 0.4) is 0 Å². The Hall–Kier alpha value is -3.69. The fourth-order valence-electron chi connectivity index (χ4n) is 6.17.